The number of aliphatic hydroxyl groups is 1. The number of alkyl halides is 3. The van der Waals surface area contributed by atoms with Gasteiger partial charge in [0, 0.05) is 47.9 Å². The number of carbonyl (C=O) groups excluding carboxylic acids is 2. The number of halogens is 3. The predicted octanol–water partition coefficient (Wildman–Crippen LogP) is 6.80. The maximum Gasteiger partial charge on any atom is 0.416 e. The van der Waals surface area contributed by atoms with Crippen molar-refractivity contribution < 1.29 is 32.5 Å². The van der Waals surface area contributed by atoms with E-state index in [9.17, 15) is 42.7 Å². The van der Waals surface area contributed by atoms with E-state index >= 15 is 0 Å². The minimum atomic E-state index is -4.75. The SMILES string of the molecule is [C-]#[N+]c1ccc(-n2nccc2-c2cc(C(=O)NCC(O)CNC(=O)c3cc(-[n+]4cccn4-c4ccc(C#N)cc4)c(C)n(-c4cccc(C)c4)c3=O)c(=O)n(-c3cccc(C(F)(F)F)c3)c2C)cc1. The van der Waals surface area contributed by atoms with E-state index in [-0.39, 0.29) is 22.5 Å². The lowest BCUT2D eigenvalue weighted by Crippen LogP contribution is -2.45. The molecule has 8 aromatic rings. The van der Waals surface area contributed by atoms with Crippen LogP contribution in [0.1, 0.15) is 48.8 Å². The summed E-state index contributed by atoms with van der Waals surface area (Å²) in [6, 6.07) is 32.8. The summed E-state index contributed by atoms with van der Waals surface area (Å²) in [5.41, 5.74) is 1.62. The molecule has 0 aliphatic heterocycles. The normalized spacial score (nSPS) is 11.7. The number of carbonyl (C=O) groups is 2. The summed E-state index contributed by atoms with van der Waals surface area (Å²) in [5, 5.41) is 29.9. The lowest BCUT2D eigenvalue weighted by atomic mass is 10.0. The summed E-state index contributed by atoms with van der Waals surface area (Å²) < 4.78 is 49.2. The number of hydrogen-bond acceptors (Lipinski definition) is 7. The molecule has 2 amide bonds. The van der Waals surface area contributed by atoms with Crippen molar-refractivity contribution in [2.45, 2.75) is 33.1 Å². The first-order chi connectivity index (χ1) is 33.1. The Hall–Kier alpha value is -9.13. The predicted molar refractivity (Wildman–Crippen MR) is 248 cm³/mol. The lowest BCUT2D eigenvalue weighted by molar-refractivity contribution is -0.675. The van der Waals surface area contributed by atoms with Crippen LogP contribution in [0, 0.1) is 38.7 Å². The number of pyridine rings is 2. The van der Waals surface area contributed by atoms with Gasteiger partial charge in [0.2, 0.25) is 6.20 Å². The quantitative estimate of drug-likeness (QED) is 0.0892. The van der Waals surface area contributed by atoms with E-state index in [1.54, 1.807) is 108 Å². The summed E-state index contributed by atoms with van der Waals surface area (Å²) in [5.74, 6) is -1.82. The zero-order chi connectivity index (χ0) is 49.1. The van der Waals surface area contributed by atoms with Crippen molar-refractivity contribution in [3.05, 3.63) is 211 Å². The summed E-state index contributed by atoms with van der Waals surface area (Å²) >= 11 is 0. The second-order valence-electron chi connectivity index (χ2n) is 15.9. The second kappa shape index (κ2) is 19.0. The van der Waals surface area contributed by atoms with Crippen molar-refractivity contribution in [2.75, 3.05) is 13.1 Å². The van der Waals surface area contributed by atoms with Crippen molar-refractivity contribution in [3.8, 4) is 45.8 Å². The third-order valence-electron chi connectivity index (χ3n) is 11.4. The lowest BCUT2D eigenvalue weighted by Gasteiger charge is -2.19. The molecule has 69 heavy (non-hydrogen) atoms. The largest absolute Gasteiger partial charge is 0.416 e. The van der Waals surface area contributed by atoms with Gasteiger partial charge in [-0.25, -0.2) is 9.53 Å². The molecule has 0 fully saturated rings. The first kappa shape index (κ1) is 46.4. The van der Waals surface area contributed by atoms with Crippen LogP contribution < -0.4 is 26.4 Å². The Balaban J connectivity index is 1.09. The van der Waals surface area contributed by atoms with Gasteiger partial charge in [0.05, 0.1) is 59.3 Å². The van der Waals surface area contributed by atoms with Gasteiger partial charge in [-0.3, -0.25) is 28.3 Å². The molecule has 0 saturated carbocycles. The highest BCUT2D eigenvalue weighted by Gasteiger charge is 2.32. The summed E-state index contributed by atoms with van der Waals surface area (Å²) in [4.78, 5) is 59.8. The van der Waals surface area contributed by atoms with Gasteiger partial charge in [0.15, 0.2) is 5.69 Å². The molecule has 0 bridgehead atoms. The number of rotatable bonds is 12. The van der Waals surface area contributed by atoms with Crippen LogP contribution in [0.4, 0.5) is 18.9 Å². The van der Waals surface area contributed by atoms with Crippen LogP contribution in [0.15, 0.2) is 150 Å². The Bertz CT molecular complexity index is 3500. The Kier molecular flexibility index (Phi) is 12.8. The number of hydrogen-bond donors (Lipinski definition) is 3. The molecule has 3 N–H and O–H groups in total. The minimum absolute atomic E-state index is 0.167. The maximum absolute atomic E-state index is 14.2. The van der Waals surface area contributed by atoms with E-state index in [0.717, 1.165) is 28.3 Å². The number of nitrogens with zero attached hydrogens (tertiary/aromatic N) is 8. The topological polar surface area (TPSA) is 177 Å². The van der Waals surface area contributed by atoms with E-state index in [1.165, 1.54) is 40.6 Å². The van der Waals surface area contributed by atoms with Gasteiger partial charge in [-0.15, -0.1) is 4.68 Å². The first-order valence-corrected chi connectivity index (χ1v) is 21.2. The highest BCUT2D eigenvalue weighted by Crippen LogP contribution is 2.32. The van der Waals surface area contributed by atoms with E-state index in [1.807, 2.05) is 13.0 Å². The maximum atomic E-state index is 14.2. The highest BCUT2D eigenvalue weighted by molar-refractivity contribution is 5.96. The third-order valence-corrected chi connectivity index (χ3v) is 11.4. The van der Waals surface area contributed by atoms with Crippen LogP contribution in [-0.2, 0) is 6.18 Å². The zero-order valence-electron chi connectivity index (χ0n) is 37.1. The number of aromatic nitrogens is 6. The molecule has 344 valence electrons. The van der Waals surface area contributed by atoms with Crippen LogP contribution in [0.2, 0.25) is 0 Å². The van der Waals surface area contributed by atoms with E-state index in [4.69, 9.17) is 6.57 Å². The molecule has 1 unspecified atom stereocenters. The van der Waals surface area contributed by atoms with E-state index < -0.39 is 59.4 Å². The van der Waals surface area contributed by atoms with Crippen LogP contribution in [0.5, 0.6) is 0 Å². The van der Waals surface area contributed by atoms with Gasteiger partial charge in [0.1, 0.15) is 16.8 Å². The molecule has 0 radical (unpaired) electrons. The molecule has 4 heterocycles. The Morgan fingerprint density at radius 2 is 1.39 bits per heavy atom. The second-order valence-corrected chi connectivity index (χ2v) is 15.9. The number of benzene rings is 4. The molecular formula is C51H40F3N10O5+. The fourth-order valence-electron chi connectivity index (χ4n) is 7.93. The molecule has 0 spiro atoms. The smallest absolute Gasteiger partial charge is 0.389 e. The Morgan fingerprint density at radius 3 is 2.01 bits per heavy atom. The van der Waals surface area contributed by atoms with Gasteiger partial charge in [0.25, 0.3) is 28.6 Å². The molecule has 1 atom stereocenters. The molecule has 4 aromatic carbocycles. The van der Waals surface area contributed by atoms with Gasteiger partial charge in [-0.1, -0.05) is 35.0 Å². The number of nitrogens with one attached hydrogen (secondary N) is 2. The molecule has 0 saturated heterocycles. The standard InChI is InChI=1S/C51H39F3N10O5/c1-31-8-5-10-39(24-31)63-33(3)46(61-23-7-22-60(61)37-16-12-34(28-55)13-17-37)27-44(50(63)69)48(67)58-30-41(65)29-57-47(66)43-26-42(45-20-21-59-64(45)38-18-14-36(56-4)15-19-38)32(2)62(49(43)68)40-11-6-9-35(25-40)51(52,53)54/h5-27,41,65H,29-30H2,1-3H3,(H-,57,58,66,67)/p+1. The molecule has 15 nitrogen and oxygen atoms in total. The molecule has 18 heteroatoms. The summed E-state index contributed by atoms with van der Waals surface area (Å²) in [6.45, 7) is 11.5. The van der Waals surface area contributed by atoms with E-state index in [2.05, 4.69) is 26.6 Å². The van der Waals surface area contributed by atoms with Crippen molar-refractivity contribution >= 4 is 17.5 Å². The summed E-state index contributed by atoms with van der Waals surface area (Å²) in [7, 11) is 0. The summed E-state index contributed by atoms with van der Waals surface area (Å²) in [6.07, 6.45) is -1.22. The first-order valence-electron chi connectivity index (χ1n) is 21.2. The number of nitriles is 1. The Morgan fingerprint density at radius 1 is 0.783 bits per heavy atom. The van der Waals surface area contributed by atoms with Gasteiger partial charge >= 0.3 is 6.18 Å². The van der Waals surface area contributed by atoms with Gasteiger partial charge in [-0.2, -0.15) is 23.5 Å². The van der Waals surface area contributed by atoms with Gasteiger partial charge < -0.3 is 15.7 Å². The number of amides is 2. The molecule has 0 aliphatic rings. The van der Waals surface area contributed by atoms with Crippen LogP contribution >= 0.6 is 0 Å². The van der Waals surface area contributed by atoms with Crippen LogP contribution in [-0.4, -0.2) is 59.7 Å². The number of aryl methyl sites for hydroxylation is 1. The molecular weight excluding hydrogens is 890 g/mol. The molecule has 4 aromatic heterocycles. The monoisotopic (exact) mass is 929 g/mol. The van der Waals surface area contributed by atoms with Crippen LogP contribution in [0.25, 0.3) is 44.5 Å². The third kappa shape index (κ3) is 9.33. The minimum Gasteiger partial charge on any atom is -0.389 e. The highest BCUT2D eigenvalue weighted by atomic mass is 19.4. The average Bonchev–Trinajstić information content (AvgIpc) is 4.04. The van der Waals surface area contributed by atoms with Crippen molar-refractivity contribution in [3.63, 3.8) is 0 Å². The average molecular weight is 930 g/mol. The molecule has 8 rings (SSSR count). The Labute approximate surface area is 391 Å². The zero-order valence-corrected chi connectivity index (χ0v) is 37.1. The fraction of sp³-hybridized carbons (Fsp3) is 0.137. The van der Waals surface area contributed by atoms with E-state index in [0.29, 0.717) is 45.4 Å². The number of aliphatic hydroxyl groups excluding tert-OH is 1. The van der Waals surface area contributed by atoms with Crippen LogP contribution in [0.3, 0.4) is 0 Å². The van der Waals surface area contributed by atoms with Crippen molar-refractivity contribution in [2.24, 2.45) is 0 Å². The van der Waals surface area contributed by atoms with Gasteiger partial charge in [-0.05, 0) is 105 Å². The van der Waals surface area contributed by atoms with Crippen molar-refractivity contribution in [1.82, 2.24) is 34.2 Å². The fourth-order valence-corrected chi connectivity index (χ4v) is 7.93. The molecule has 0 aliphatic carbocycles. The van der Waals surface area contributed by atoms with Crippen molar-refractivity contribution in [1.29, 1.82) is 5.26 Å².